The molecule has 6 heteroatoms. The molecule has 0 spiro atoms. The lowest BCUT2D eigenvalue weighted by atomic mass is 10.1. The summed E-state index contributed by atoms with van der Waals surface area (Å²) in [7, 11) is 0. The van der Waals surface area contributed by atoms with Gasteiger partial charge in [0.15, 0.2) is 0 Å². The maximum Gasteiger partial charge on any atom is 0.128 e. The van der Waals surface area contributed by atoms with Crippen LogP contribution in [-0.4, -0.2) is 0 Å². The van der Waals surface area contributed by atoms with Gasteiger partial charge in [-0.15, -0.1) is 11.3 Å². The lowest BCUT2D eigenvalue weighted by Gasteiger charge is -2.11. The van der Waals surface area contributed by atoms with Gasteiger partial charge in [-0.25, -0.2) is 4.39 Å². The maximum atomic E-state index is 13.7. The fourth-order valence-electron chi connectivity index (χ4n) is 1.42. The molecule has 0 saturated carbocycles. The molecule has 1 aromatic carbocycles. The average Bonchev–Trinajstić information content (AvgIpc) is 2.62. The highest BCUT2D eigenvalue weighted by atomic mass is 79.9. The Morgan fingerprint density at radius 3 is 2.59 bits per heavy atom. The van der Waals surface area contributed by atoms with E-state index in [9.17, 15) is 4.39 Å². The molecule has 0 aliphatic rings. The number of benzene rings is 1. The van der Waals surface area contributed by atoms with Crippen LogP contribution in [0.5, 0.6) is 0 Å². The van der Waals surface area contributed by atoms with E-state index in [0.29, 0.717) is 10.6 Å². The molecule has 0 fully saturated rings. The Labute approximate surface area is 124 Å². The maximum absolute atomic E-state index is 13.7. The van der Waals surface area contributed by atoms with Crippen LogP contribution < -0.4 is 5.73 Å². The third-order valence-electron chi connectivity index (χ3n) is 2.26. The molecular weight excluding hydrogens is 392 g/mol. The van der Waals surface area contributed by atoms with Crippen LogP contribution in [0.1, 0.15) is 16.5 Å². The van der Waals surface area contributed by atoms with Crippen LogP contribution in [0.25, 0.3) is 0 Å². The van der Waals surface area contributed by atoms with Gasteiger partial charge in [0.2, 0.25) is 0 Å². The molecule has 0 radical (unpaired) electrons. The van der Waals surface area contributed by atoms with Crippen molar-refractivity contribution in [2.45, 2.75) is 6.04 Å². The predicted molar refractivity (Wildman–Crippen MR) is 77.2 cm³/mol. The molecule has 2 N–H and O–H groups in total. The van der Waals surface area contributed by atoms with Crippen LogP contribution in [0.15, 0.2) is 32.5 Å². The molecule has 0 saturated heterocycles. The van der Waals surface area contributed by atoms with E-state index in [4.69, 9.17) is 17.3 Å². The minimum atomic E-state index is -0.513. The highest BCUT2D eigenvalue weighted by molar-refractivity contribution is 9.13. The van der Waals surface area contributed by atoms with Gasteiger partial charge in [-0.05, 0) is 56.1 Å². The zero-order valence-electron chi connectivity index (χ0n) is 8.38. The fourth-order valence-corrected chi connectivity index (χ4v) is 3.71. The molecule has 2 aromatic rings. The predicted octanol–water partition coefficient (Wildman–Crippen LogP) is 5.11. The third-order valence-corrected chi connectivity index (χ3v) is 5.84. The molecule has 1 unspecified atom stereocenters. The van der Waals surface area contributed by atoms with Gasteiger partial charge >= 0.3 is 0 Å². The number of hydrogen-bond donors (Lipinski definition) is 1. The molecule has 1 nitrogen and oxygen atoms in total. The number of nitrogens with two attached hydrogens (primary N) is 1. The SMILES string of the molecule is NC(c1cc(Br)c(Br)s1)c1cc(Cl)ccc1F. The monoisotopic (exact) mass is 397 g/mol. The summed E-state index contributed by atoms with van der Waals surface area (Å²) in [6, 6.07) is 5.76. The average molecular weight is 400 g/mol. The topological polar surface area (TPSA) is 26.0 Å². The molecule has 0 aliphatic carbocycles. The third kappa shape index (κ3) is 2.90. The number of thiophene rings is 1. The second kappa shape index (κ2) is 5.36. The first kappa shape index (κ1) is 13.5. The Hall–Kier alpha value is 0.0600. The van der Waals surface area contributed by atoms with Gasteiger partial charge in [0.05, 0.1) is 9.83 Å². The van der Waals surface area contributed by atoms with Crippen molar-refractivity contribution in [3.8, 4) is 0 Å². The molecule has 0 aliphatic heterocycles. The normalized spacial score (nSPS) is 12.8. The standard InChI is InChI=1S/C11H7Br2ClFNS/c12-7-4-9(17-11(7)13)10(16)6-3-5(14)1-2-8(6)15/h1-4,10H,16H2. The van der Waals surface area contributed by atoms with E-state index >= 15 is 0 Å². The van der Waals surface area contributed by atoms with Crippen LogP contribution in [0, 0.1) is 5.82 Å². The molecule has 2 rings (SSSR count). The molecule has 0 amide bonds. The molecular formula is C11H7Br2ClFNS. The Balaban J connectivity index is 2.42. The van der Waals surface area contributed by atoms with Crippen molar-refractivity contribution < 1.29 is 4.39 Å². The summed E-state index contributed by atoms with van der Waals surface area (Å²) >= 11 is 14.1. The number of halogens is 4. The van der Waals surface area contributed by atoms with Gasteiger partial charge in [-0.3, -0.25) is 0 Å². The Bertz CT molecular complexity index is 539. The molecule has 90 valence electrons. The first-order valence-corrected chi connectivity index (χ1v) is 7.42. The van der Waals surface area contributed by atoms with E-state index in [1.165, 1.54) is 23.5 Å². The smallest absolute Gasteiger partial charge is 0.128 e. The lowest BCUT2D eigenvalue weighted by molar-refractivity contribution is 0.601. The summed E-state index contributed by atoms with van der Waals surface area (Å²) in [6.07, 6.45) is 0. The number of rotatable bonds is 2. The first-order chi connectivity index (χ1) is 7.99. The molecule has 0 bridgehead atoms. The van der Waals surface area contributed by atoms with Gasteiger partial charge in [0.25, 0.3) is 0 Å². The summed E-state index contributed by atoms with van der Waals surface area (Å²) in [5.41, 5.74) is 6.44. The van der Waals surface area contributed by atoms with E-state index in [1.807, 2.05) is 6.07 Å². The van der Waals surface area contributed by atoms with E-state index in [1.54, 1.807) is 6.07 Å². The van der Waals surface area contributed by atoms with Crippen LogP contribution in [-0.2, 0) is 0 Å². The van der Waals surface area contributed by atoms with Crippen LogP contribution in [0.2, 0.25) is 5.02 Å². The molecule has 1 aromatic heterocycles. The van der Waals surface area contributed by atoms with Crippen molar-refractivity contribution >= 4 is 54.8 Å². The van der Waals surface area contributed by atoms with E-state index in [-0.39, 0.29) is 5.82 Å². The Morgan fingerprint density at radius 2 is 2.00 bits per heavy atom. The summed E-state index contributed by atoms with van der Waals surface area (Å²) in [6.45, 7) is 0. The molecule has 1 atom stereocenters. The molecule has 1 heterocycles. The highest BCUT2D eigenvalue weighted by Gasteiger charge is 2.17. The van der Waals surface area contributed by atoms with Crippen molar-refractivity contribution in [3.63, 3.8) is 0 Å². The second-order valence-corrected chi connectivity index (χ2v) is 7.11. The first-order valence-electron chi connectivity index (χ1n) is 4.64. The van der Waals surface area contributed by atoms with E-state index < -0.39 is 6.04 Å². The van der Waals surface area contributed by atoms with Gasteiger partial charge in [-0.1, -0.05) is 11.6 Å². The number of hydrogen-bond acceptors (Lipinski definition) is 2. The lowest BCUT2D eigenvalue weighted by Crippen LogP contribution is -2.12. The highest BCUT2D eigenvalue weighted by Crippen LogP contribution is 2.37. The largest absolute Gasteiger partial charge is 0.320 e. The van der Waals surface area contributed by atoms with E-state index in [0.717, 1.165) is 13.1 Å². The van der Waals surface area contributed by atoms with E-state index in [2.05, 4.69) is 31.9 Å². The Kier molecular flexibility index (Phi) is 4.26. The summed E-state index contributed by atoms with van der Waals surface area (Å²) in [5, 5.41) is 0.478. The van der Waals surface area contributed by atoms with Crippen LogP contribution in [0.4, 0.5) is 4.39 Å². The van der Waals surface area contributed by atoms with Crippen molar-refractivity contribution in [2.75, 3.05) is 0 Å². The quantitative estimate of drug-likeness (QED) is 0.746. The molecule has 17 heavy (non-hydrogen) atoms. The van der Waals surface area contributed by atoms with Crippen LogP contribution >= 0.6 is 54.8 Å². The van der Waals surface area contributed by atoms with Crippen molar-refractivity contribution in [1.29, 1.82) is 0 Å². The van der Waals surface area contributed by atoms with Crippen molar-refractivity contribution in [3.05, 3.63) is 53.8 Å². The minimum Gasteiger partial charge on any atom is -0.320 e. The van der Waals surface area contributed by atoms with Gasteiger partial charge in [-0.2, -0.15) is 0 Å². The summed E-state index contributed by atoms with van der Waals surface area (Å²) in [5.74, 6) is -0.345. The van der Waals surface area contributed by atoms with Crippen molar-refractivity contribution in [1.82, 2.24) is 0 Å². The minimum absolute atomic E-state index is 0.345. The fraction of sp³-hybridized carbons (Fsp3) is 0.0909. The zero-order chi connectivity index (χ0) is 12.6. The zero-order valence-corrected chi connectivity index (χ0v) is 13.1. The van der Waals surface area contributed by atoms with Crippen molar-refractivity contribution in [2.24, 2.45) is 5.73 Å². The summed E-state index contributed by atoms with van der Waals surface area (Å²) in [4.78, 5) is 0.866. The van der Waals surface area contributed by atoms with Crippen LogP contribution in [0.3, 0.4) is 0 Å². The van der Waals surface area contributed by atoms with Gasteiger partial charge < -0.3 is 5.73 Å². The van der Waals surface area contributed by atoms with Gasteiger partial charge in [0, 0.05) is 19.9 Å². The summed E-state index contributed by atoms with van der Waals surface area (Å²) < 4.78 is 15.5. The Morgan fingerprint density at radius 1 is 1.29 bits per heavy atom. The second-order valence-electron chi connectivity index (χ2n) is 3.41. The van der Waals surface area contributed by atoms with Gasteiger partial charge in [0.1, 0.15) is 5.82 Å².